The van der Waals surface area contributed by atoms with Gasteiger partial charge in [0, 0.05) is 35.3 Å². The van der Waals surface area contributed by atoms with Gasteiger partial charge in [-0.05, 0) is 30.7 Å². The minimum absolute atomic E-state index is 0.280. The van der Waals surface area contributed by atoms with Crippen molar-refractivity contribution < 1.29 is 9.90 Å². The molecule has 3 rings (SSSR count). The molecule has 0 saturated carbocycles. The SMILES string of the molecule is CCn1c(Cc2ccccc2Cl)cc(=O)c(C(=O)O)c1-c1ccc(Cl)c(Cl)c1. The van der Waals surface area contributed by atoms with E-state index in [-0.39, 0.29) is 10.6 Å². The van der Waals surface area contributed by atoms with Crippen LogP contribution in [0.1, 0.15) is 28.5 Å². The number of carboxylic acid groups (broad SMARTS) is 1. The van der Waals surface area contributed by atoms with E-state index in [1.807, 2.05) is 25.1 Å². The molecule has 1 aromatic heterocycles. The number of rotatable bonds is 5. The Morgan fingerprint density at radius 3 is 2.32 bits per heavy atom. The number of pyridine rings is 1. The van der Waals surface area contributed by atoms with E-state index in [0.717, 1.165) is 5.56 Å². The van der Waals surface area contributed by atoms with Crippen molar-refractivity contribution in [3.63, 3.8) is 0 Å². The zero-order chi connectivity index (χ0) is 20.4. The fourth-order valence-corrected chi connectivity index (χ4v) is 3.69. The number of nitrogens with zero attached hydrogens (tertiary/aromatic N) is 1. The summed E-state index contributed by atoms with van der Waals surface area (Å²) in [6.45, 7) is 2.34. The first-order chi connectivity index (χ1) is 13.3. The van der Waals surface area contributed by atoms with Crippen molar-refractivity contribution in [1.29, 1.82) is 0 Å². The Bertz CT molecular complexity index is 1120. The molecule has 1 heterocycles. The molecule has 28 heavy (non-hydrogen) atoms. The summed E-state index contributed by atoms with van der Waals surface area (Å²) in [6.07, 6.45) is 0.386. The second-order valence-corrected chi connectivity index (χ2v) is 7.39. The van der Waals surface area contributed by atoms with Crippen LogP contribution in [0.4, 0.5) is 0 Å². The smallest absolute Gasteiger partial charge is 0.341 e. The zero-order valence-electron chi connectivity index (χ0n) is 14.9. The second kappa shape index (κ2) is 8.39. The van der Waals surface area contributed by atoms with Crippen molar-refractivity contribution >= 4 is 40.8 Å². The zero-order valence-corrected chi connectivity index (χ0v) is 17.1. The third-order valence-corrected chi connectivity index (χ3v) is 5.56. The highest BCUT2D eigenvalue weighted by Gasteiger charge is 2.22. The van der Waals surface area contributed by atoms with Gasteiger partial charge in [-0.1, -0.05) is 59.1 Å². The van der Waals surface area contributed by atoms with Gasteiger partial charge in [0.1, 0.15) is 5.56 Å². The molecule has 0 spiro atoms. The highest BCUT2D eigenvalue weighted by molar-refractivity contribution is 6.42. The Morgan fingerprint density at radius 2 is 1.71 bits per heavy atom. The molecule has 0 fully saturated rings. The van der Waals surface area contributed by atoms with E-state index in [4.69, 9.17) is 34.8 Å². The normalized spacial score (nSPS) is 10.9. The topological polar surface area (TPSA) is 59.3 Å². The predicted octanol–water partition coefficient (Wildman–Crippen LogP) is 5.78. The van der Waals surface area contributed by atoms with E-state index in [2.05, 4.69) is 0 Å². The van der Waals surface area contributed by atoms with Gasteiger partial charge in [0.2, 0.25) is 0 Å². The van der Waals surface area contributed by atoms with Crippen LogP contribution in [-0.2, 0) is 13.0 Å². The molecule has 0 aliphatic heterocycles. The summed E-state index contributed by atoms with van der Waals surface area (Å²) >= 11 is 18.4. The summed E-state index contributed by atoms with van der Waals surface area (Å²) in [7, 11) is 0. The number of aromatic nitrogens is 1. The van der Waals surface area contributed by atoms with Crippen LogP contribution in [0.15, 0.2) is 53.3 Å². The maximum Gasteiger partial charge on any atom is 0.341 e. The maximum atomic E-state index is 12.7. The summed E-state index contributed by atoms with van der Waals surface area (Å²) in [5.41, 5.74) is 1.43. The molecule has 0 saturated heterocycles. The summed E-state index contributed by atoms with van der Waals surface area (Å²) in [5.74, 6) is -1.29. The highest BCUT2D eigenvalue weighted by atomic mass is 35.5. The molecular weight excluding hydrogens is 421 g/mol. The van der Waals surface area contributed by atoms with E-state index in [9.17, 15) is 14.7 Å². The number of benzene rings is 2. The first kappa shape index (κ1) is 20.5. The van der Waals surface area contributed by atoms with E-state index in [1.165, 1.54) is 6.07 Å². The third-order valence-electron chi connectivity index (χ3n) is 4.45. The van der Waals surface area contributed by atoms with E-state index in [0.29, 0.717) is 40.0 Å². The molecule has 1 N–H and O–H groups in total. The summed E-state index contributed by atoms with van der Waals surface area (Å²) in [6, 6.07) is 13.5. The molecule has 3 aromatic rings. The van der Waals surface area contributed by atoms with Crippen molar-refractivity contribution in [3.05, 3.63) is 90.6 Å². The van der Waals surface area contributed by atoms with E-state index < -0.39 is 11.4 Å². The van der Waals surface area contributed by atoms with Crippen LogP contribution >= 0.6 is 34.8 Å². The van der Waals surface area contributed by atoms with E-state index >= 15 is 0 Å². The Hall–Kier alpha value is -2.27. The van der Waals surface area contributed by atoms with Crippen LogP contribution in [0, 0.1) is 0 Å². The van der Waals surface area contributed by atoms with Crippen molar-refractivity contribution in [2.45, 2.75) is 19.9 Å². The van der Waals surface area contributed by atoms with Crippen molar-refractivity contribution in [2.24, 2.45) is 0 Å². The largest absolute Gasteiger partial charge is 0.477 e. The first-order valence-electron chi connectivity index (χ1n) is 8.52. The minimum Gasteiger partial charge on any atom is -0.477 e. The fraction of sp³-hybridized carbons (Fsp3) is 0.143. The number of aromatic carboxylic acids is 1. The molecule has 2 aromatic carbocycles. The summed E-state index contributed by atoms with van der Waals surface area (Å²) in [4.78, 5) is 24.6. The van der Waals surface area contributed by atoms with Gasteiger partial charge in [0.05, 0.1) is 15.7 Å². The molecule has 7 heteroatoms. The third kappa shape index (κ3) is 3.95. The quantitative estimate of drug-likeness (QED) is 0.551. The van der Waals surface area contributed by atoms with Gasteiger partial charge < -0.3 is 9.67 Å². The maximum absolute atomic E-state index is 12.7. The van der Waals surface area contributed by atoms with Crippen molar-refractivity contribution in [1.82, 2.24) is 4.57 Å². The number of carboxylic acids is 1. The predicted molar refractivity (Wildman–Crippen MR) is 113 cm³/mol. The summed E-state index contributed by atoms with van der Waals surface area (Å²) in [5, 5.41) is 10.9. The second-order valence-electron chi connectivity index (χ2n) is 6.17. The number of halogens is 3. The number of hydrogen-bond donors (Lipinski definition) is 1. The van der Waals surface area contributed by atoms with Crippen LogP contribution < -0.4 is 5.43 Å². The lowest BCUT2D eigenvalue weighted by molar-refractivity contribution is 0.0695. The number of carbonyl (C=O) groups is 1. The standard InChI is InChI=1S/C21H16Cl3NO3/c1-2-25-14(9-12-5-3-4-6-15(12)22)11-18(26)19(21(27)28)20(25)13-7-8-16(23)17(24)10-13/h3-8,10-11H,2,9H2,1H3,(H,27,28). The molecule has 0 bridgehead atoms. The molecule has 4 nitrogen and oxygen atoms in total. The van der Waals surface area contributed by atoms with Crippen LogP contribution in [0.5, 0.6) is 0 Å². The van der Waals surface area contributed by atoms with Crippen molar-refractivity contribution in [2.75, 3.05) is 0 Å². The molecule has 0 aliphatic carbocycles. The number of hydrogen-bond acceptors (Lipinski definition) is 2. The van der Waals surface area contributed by atoms with Gasteiger partial charge >= 0.3 is 5.97 Å². The summed E-state index contributed by atoms with van der Waals surface area (Å²) < 4.78 is 1.80. The lowest BCUT2D eigenvalue weighted by Crippen LogP contribution is -2.23. The Balaban J connectivity index is 2.30. The molecule has 144 valence electrons. The van der Waals surface area contributed by atoms with Gasteiger partial charge in [-0.2, -0.15) is 0 Å². The Kier molecular flexibility index (Phi) is 6.14. The Morgan fingerprint density at radius 1 is 1.00 bits per heavy atom. The molecule has 0 atom stereocenters. The van der Waals surface area contributed by atoms with Gasteiger partial charge in [0.15, 0.2) is 5.43 Å². The first-order valence-corrected chi connectivity index (χ1v) is 9.65. The van der Waals surface area contributed by atoms with E-state index in [1.54, 1.807) is 28.8 Å². The minimum atomic E-state index is -1.29. The lowest BCUT2D eigenvalue weighted by atomic mass is 10.0. The van der Waals surface area contributed by atoms with Crippen LogP contribution in [0.25, 0.3) is 11.3 Å². The fourth-order valence-electron chi connectivity index (χ4n) is 3.19. The molecule has 0 unspecified atom stereocenters. The molecule has 0 amide bonds. The van der Waals surface area contributed by atoms with Gasteiger partial charge in [0.25, 0.3) is 0 Å². The van der Waals surface area contributed by atoms with Gasteiger partial charge in [-0.25, -0.2) is 4.79 Å². The molecule has 0 radical (unpaired) electrons. The van der Waals surface area contributed by atoms with Gasteiger partial charge in [-0.3, -0.25) is 4.79 Å². The Labute approximate surface area is 176 Å². The lowest BCUT2D eigenvalue weighted by Gasteiger charge is -2.20. The average Bonchev–Trinajstić information content (AvgIpc) is 2.65. The van der Waals surface area contributed by atoms with Crippen LogP contribution in [0.3, 0.4) is 0 Å². The van der Waals surface area contributed by atoms with Crippen LogP contribution in [0.2, 0.25) is 15.1 Å². The van der Waals surface area contributed by atoms with Crippen LogP contribution in [-0.4, -0.2) is 15.6 Å². The monoisotopic (exact) mass is 435 g/mol. The van der Waals surface area contributed by atoms with Crippen molar-refractivity contribution in [3.8, 4) is 11.3 Å². The average molecular weight is 437 g/mol. The molecule has 0 aliphatic rings. The van der Waals surface area contributed by atoms with Gasteiger partial charge in [-0.15, -0.1) is 0 Å². The molecular formula is C21H16Cl3NO3. The highest BCUT2D eigenvalue weighted by Crippen LogP contribution is 2.31.